The minimum atomic E-state index is -2.77. The molecule has 0 bridgehead atoms. The Morgan fingerprint density at radius 3 is 2.71 bits per heavy atom. The first kappa shape index (κ1) is 12.8. The molecule has 0 aromatic heterocycles. The third kappa shape index (κ3) is 3.68. The van der Waals surface area contributed by atoms with Crippen LogP contribution in [0.1, 0.15) is 12.0 Å². The Kier molecular flexibility index (Phi) is 4.40. The molecular weight excluding hydrogens is 240 g/mol. The molecule has 0 saturated carbocycles. The van der Waals surface area contributed by atoms with Crippen LogP contribution in [0.2, 0.25) is 0 Å². The van der Waals surface area contributed by atoms with Gasteiger partial charge in [0.2, 0.25) is 0 Å². The predicted molar refractivity (Wildman–Crippen MR) is 68.6 cm³/mol. The Bertz CT molecular complexity index is 337. The lowest BCUT2D eigenvalue weighted by atomic mass is 10.1. The molecule has 1 saturated heterocycles. The Balaban J connectivity index is 1.80. The summed E-state index contributed by atoms with van der Waals surface area (Å²) in [4.78, 5) is 0. The number of alkyl halides is 2. The predicted octanol–water partition coefficient (Wildman–Crippen LogP) is 3.12. The highest BCUT2D eigenvalue weighted by Gasteiger charge is 2.31. The van der Waals surface area contributed by atoms with Gasteiger partial charge in [0.25, 0.3) is 5.92 Å². The van der Waals surface area contributed by atoms with E-state index in [1.165, 1.54) is 17.9 Å². The van der Waals surface area contributed by atoms with E-state index in [2.05, 4.69) is 5.32 Å². The van der Waals surface area contributed by atoms with E-state index in [9.17, 15) is 8.78 Å². The molecule has 0 radical (unpaired) electrons. The highest BCUT2D eigenvalue weighted by Crippen LogP contribution is 2.27. The van der Waals surface area contributed by atoms with Gasteiger partial charge in [-0.15, -0.1) is 0 Å². The molecule has 1 aromatic rings. The van der Waals surface area contributed by atoms with Crippen molar-refractivity contribution in [2.24, 2.45) is 5.92 Å². The third-order valence-electron chi connectivity index (χ3n) is 3.00. The first-order valence-corrected chi connectivity index (χ1v) is 7.06. The minimum absolute atomic E-state index is 0.0910. The van der Waals surface area contributed by atoms with E-state index >= 15 is 0 Å². The lowest BCUT2D eigenvalue weighted by Gasteiger charge is -2.18. The van der Waals surface area contributed by atoms with Crippen LogP contribution in [0.5, 0.6) is 0 Å². The highest BCUT2D eigenvalue weighted by molar-refractivity contribution is 7.99. The van der Waals surface area contributed by atoms with Crippen LogP contribution in [0.4, 0.5) is 8.78 Å². The molecule has 1 fully saturated rings. The van der Waals surface area contributed by atoms with Gasteiger partial charge in [-0.1, -0.05) is 30.3 Å². The average Bonchev–Trinajstić information content (AvgIpc) is 2.83. The summed E-state index contributed by atoms with van der Waals surface area (Å²) in [5.41, 5.74) is 0.0910. The van der Waals surface area contributed by atoms with Gasteiger partial charge in [0.15, 0.2) is 0 Å². The van der Waals surface area contributed by atoms with Crippen LogP contribution in [-0.4, -0.2) is 24.6 Å². The van der Waals surface area contributed by atoms with E-state index in [-0.39, 0.29) is 12.1 Å². The Morgan fingerprint density at radius 2 is 2.06 bits per heavy atom. The second-order valence-electron chi connectivity index (χ2n) is 4.43. The van der Waals surface area contributed by atoms with Crippen molar-refractivity contribution in [3.05, 3.63) is 35.9 Å². The fourth-order valence-corrected chi connectivity index (χ4v) is 3.25. The molecule has 0 amide bonds. The zero-order valence-corrected chi connectivity index (χ0v) is 10.5. The van der Waals surface area contributed by atoms with Crippen molar-refractivity contribution < 1.29 is 8.78 Å². The molecule has 0 spiro atoms. The van der Waals surface area contributed by atoms with Gasteiger partial charge in [0.05, 0.1) is 6.54 Å². The molecule has 1 heterocycles. The molecule has 94 valence electrons. The van der Waals surface area contributed by atoms with Crippen molar-refractivity contribution in [2.45, 2.75) is 12.3 Å². The van der Waals surface area contributed by atoms with Crippen LogP contribution < -0.4 is 5.32 Å². The van der Waals surface area contributed by atoms with E-state index in [0.717, 1.165) is 12.2 Å². The molecular formula is C13H17F2NS. The smallest absolute Gasteiger partial charge is 0.285 e. The Labute approximate surface area is 105 Å². The number of hydrogen-bond donors (Lipinski definition) is 1. The topological polar surface area (TPSA) is 12.0 Å². The number of nitrogens with one attached hydrogen (secondary N) is 1. The zero-order valence-electron chi connectivity index (χ0n) is 9.66. The van der Waals surface area contributed by atoms with E-state index in [1.54, 1.807) is 18.2 Å². The van der Waals surface area contributed by atoms with Crippen LogP contribution in [0.25, 0.3) is 0 Å². The maximum atomic E-state index is 13.8. The maximum absolute atomic E-state index is 13.8. The highest BCUT2D eigenvalue weighted by atomic mass is 32.2. The van der Waals surface area contributed by atoms with Crippen molar-refractivity contribution in [2.75, 3.05) is 24.6 Å². The normalized spacial score (nSPS) is 20.7. The van der Waals surface area contributed by atoms with Crippen LogP contribution in [0.15, 0.2) is 30.3 Å². The summed E-state index contributed by atoms with van der Waals surface area (Å²) in [6, 6.07) is 8.01. The molecule has 1 aliphatic rings. The van der Waals surface area contributed by atoms with E-state index in [0.29, 0.717) is 12.5 Å². The number of halogens is 2. The van der Waals surface area contributed by atoms with Crippen LogP contribution >= 0.6 is 11.8 Å². The van der Waals surface area contributed by atoms with Crippen molar-refractivity contribution in [1.29, 1.82) is 0 Å². The quantitative estimate of drug-likeness (QED) is 0.870. The number of rotatable bonds is 5. The fourth-order valence-electron chi connectivity index (χ4n) is 1.96. The molecule has 1 aromatic carbocycles. The second kappa shape index (κ2) is 5.83. The summed E-state index contributed by atoms with van der Waals surface area (Å²) in [5.74, 6) is 0.0600. The monoisotopic (exact) mass is 257 g/mol. The molecule has 4 heteroatoms. The zero-order chi connectivity index (χ0) is 12.1. The maximum Gasteiger partial charge on any atom is 0.285 e. The van der Waals surface area contributed by atoms with Gasteiger partial charge in [-0.25, -0.2) is 0 Å². The second-order valence-corrected chi connectivity index (χ2v) is 5.58. The van der Waals surface area contributed by atoms with Gasteiger partial charge in [-0.2, -0.15) is 20.5 Å². The molecule has 1 nitrogen and oxygen atoms in total. The largest absolute Gasteiger partial charge is 0.311 e. The van der Waals surface area contributed by atoms with Gasteiger partial charge in [-0.05, 0) is 30.4 Å². The fraction of sp³-hybridized carbons (Fsp3) is 0.538. The lowest BCUT2D eigenvalue weighted by molar-refractivity contribution is -0.00361. The minimum Gasteiger partial charge on any atom is -0.311 e. The summed E-state index contributed by atoms with van der Waals surface area (Å²) >= 11 is 1.91. The van der Waals surface area contributed by atoms with Gasteiger partial charge in [-0.3, -0.25) is 0 Å². The SMILES string of the molecule is FC(F)(CNCC1CCSC1)c1ccccc1. The number of thioether (sulfide) groups is 1. The first-order valence-electron chi connectivity index (χ1n) is 5.90. The van der Waals surface area contributed by atoms with E-state index < -0.39 is 5.92 Å². The summed E-state index contributed by atoms with van der Waals surface area (Å²) < 4.78 is 27.5. The first-order chi connectivity index (χ1) is 8.18. The van der Waals surface area contributed by atoms with E-state index in [4.69, 9.17) is 0 Å². The molecule has 1 unspecified atom stereocenters. The van der Waals surface area contributed by atoms with Gasteiger partial charge >= 0.3 is 0 Å². The Morgan fingerprint density at radius 1 is 1.29 bits per heavy atom. The molecule has 1 N–H and O–H groups in total. The number of hydrogen-bond acceptors (Lipinski definition) is 2. The van der Waals surface area contributed by atoms with Crippen molar-refractivity contribution >= 4 is 11.8 Å². The van der Waals surface area contributed by atoms with Crippen molar-refractivity contribution in [3.8, 4) is 0 Å². The summed E-state index contributed by atoms with van der Waals surface area (Å²) in [5, 5.41) is 2.90. The average molecular weight is 257 g/mol. The summed E-state index contributed by atoms with van der Waals surface area (Å²) in [7, 11) is 0. The van der Waals surface area contributed by atoms with Gasteiger partial charge in [0.1, 0.15) is 0 Å². The molecule has 0 aliphatic carbocycles. The summed E-state index contributed by atoms with van der Waals surface area (Å²) in [6.07, 6.45) is 1.15. The van der Waals surface area contributed by atoms with Crippen molar-refractivity contribution in [3.63, 3.8) is 0 Å². The standard InChI is InChI=1S/C13H17F2NS/c14-13(15,12-4-2-1-3-5-12)10-16-8-11-6-7-17-9-11/h1-5,11,16H,6-10H2. The number of benzene rings is 1. The molecule has 2 rings (SSSR count). The molecule has 17 heavy (non-hydrogen) atoms. The van der Waals surface area contributed by atoms with Crippen molar-refractivity contribution in [1.82, 2.24) is 5.32 Å². The Hall–Kier alpha value is -0.610. The van der Waals surface area contributed by atoms with E-state index in [1.807, 2.05) is 11.8 Å². The third-order valence-corrected chi connectivity index (χ3v) is 4.23. The van der Waals surface area contributed by atoms with Crippen LogP contribution in [-0.2, 0) is 5.92 Å². The lowest BCUT2D eigenvalue weighted by Crippen LogP contribution is -2.33. The summed E-state index contributed by atoms with van der Waals surface area (Å²) in [6.45, 7) is 0.438. The molecule has 1 aliphatic heterocycles. The van der Waals surface area contributed by atoms with Crippen LogP contribution in [0.3, 0.4) is 0 Å². The van der Waals surface area contributed by atoms with Gasteiger partial charge < -0.3 is 5.32 Å². The van der Waals surface area contributed by atoms with Gasteiger partial charge in [0, 0.05) is 5.56 Å². The van der Waals surface area contributed by atoms with Crippen LogP contribution in [0, 0.1) is 5.92 Å². The molecule has 1 atom stereocenters.